The smallest absolute Gasteiger partial charge is 1.00 e. The topological polar surface area (TPSA) is 9.23 Å². The second kappa shape index (κ2) is 27.5. The van der Waals surface area contributed by atoms with Gasteiger partial charge in [0.05, 0.1) is 0 Å². The normalized spacial score (nSPS) is 9.47. The van der Waals surface area contributed by atoms with Crippen LogP contribution in [0.5, 0.6) is 0 Å². The molecule has 0 rings (SSSR count). The molecule has 0 bridgehead atoms. The fourth-order valence-electron chi connectivity index (χ4n) is 1.79. The summed E-state index contributed by atoms with van der Waals surface area (Å²) in [5.74, 6) is 0. The number of halogens is 1. The second-order valence-electron chi connectivity index (χ2n) is 4.65. The van der Waals surface area contributed by atoms with Gasteiger partial charge in [-0.25, -0.2) is 0 Å². The Balaban J connectivity index is -0.0000000933. The molecule has 0 aromatic carbocycles. The molecule has 0 aromatic rings. The molecule has 0 aromatic heterocycles. The molecule has 1 nitrogen and oxygen atoms in total. The van der Waals surface area contributed by atoms with Gasteiger partial charge in [-0.1, -0.05) is 80.6 Å². The molecule has 0 unspecified atom stereocenters. The van der Waals surface area contributed by atoms with Gasteiger partial charge in [-0.2, -0.15) is 0 Å². The van der Waals surface area contributed by atoms with Crippen molar-refractivity contribution < 1.29 is 7.59 Å². The quantitative estimate of drug-likeness (QED) is 0.232. The molecule has 0 saturated heterocycles. The number of hydrogen-bond donors (Lipinski definition) is 0. The summed E-state index contributed by atoms with van der Waals surface area (Å²) in [6.45, 7) is 7.94. The molecule has 0 radical (unpaired) electrons. The third-order valence-corrected chi connectivity index (χ3v) is 3.46. The predicted molar refractivity (Wildman–Crippen MR) is 95.8 cm³/mol. The average molecular weight is 350 g/mol. The van der Waals surface area contributed by atoms with Crippen LogP contribution in [0.15, 0.2) is 0 Å². The second-order valence-corrected chi connectivity index (χ2v) is 5.45. The molecule has 0 heterocycles. The third kappa shape index (κ3) is 32.6. The van der Waals surface area contributed by atoms with Crippen molar-refractivity contribution in [2.75, 3.05) is 18.5 Å². The molecule has 0 N–H and O–H groups in total. The SMILES string of the molecule is CCCCCCCCCCCCBr.CCOCC.[H-].[H-].[Mg+2]. The Hall–Kier alpha value is 1.21. The van der Waals surface area contributed by atoms with Gasteiger partial charge in [0.15, 0.2) is 0 Å². The first-order valence-corrected chi connectivity index (χ1v) is 9.09. The summed E-state index contributed by atoms with van der Waals surface area (Å²) in [5, 5.41) is 1.18. The number of rotatable bonds is 12. The van der Waals surface area contributed by atoms with Crippen LogP contribution in [0, 0.1) is 0 Å². The predicted octanol–water partition coefficient (Wildman–Crippen LogP) is 6.19. The number of unbranched alkanes of at least 4 members (excludes halogenated alkanes) is 9. The van der Waals surface area contributed by atoms with Gasteiger partial charge in [0.25, 0.3) is 0 Å². The maximum atomic E-state index is 4.83. The first-order valence-electron chi connectivity index (χ1n) is 7.97. The van der Waals surface area contributed by atoms with Crippen LogP contribution in [0.1, 0.15) is 87.8 Å². The minimum absolute atomic E-state index is 0. The van der Waals surface area contributed by atoms with Crippen molar-refractivity contribution >= 4 is 39.0 Å². The molecule has 3 heteroatoms. The minimum atomic E-state index is 0. The average Bonchev–Trinajstić information content (AvgIpc) is 2.39. The first-order chi connectivity index (χ1) is 8.83. The Morgan fingerprint density at radius 1 is 0.684 bits per heavy atom. The number of hydrogen-bond acceptors (Lipinski definition) is 1. The van der Waals surface area contributed by atoms with Gasteiger partial charge >= 0.3 is 23.1 Å². The monoisotopic (exact) mass is 348 g/mol. The fourth-order valence-corrected chi connectivity index (χ4v) is 2.18. The molecule has 0 amide bonds. The molecular formula is C16H37BrMgO. The van der Waals surface area contributed by atoms with Gasteiger partial charge in [-0.3, -0.25) is 0 Å². The van der Waals surface area contributed by atoms with Crippen LogP contribution in [0.4, 0.5) is 0 Å². The Kier molecular flexibility index (Phi) is 36.5. The summed E-state index contributed by atoms with van der Waals surface area (Å²) in [6, 6.07) is 0. The Morgan fingerprint density at radius 2 is 1.05 bits per heavy atom. The van der Waals surface area contributed by atoms with Gasteiger partial charge in [0.2, 0.25) is 0 Å². The largest absolute Gasteiger partial charge is 2.00 e. The van der Waals surface area contributed by atoms with E-state index in [-0.39, 0.29) is 25.9 Å². The summed E-state index contributed by atoms with van der Waals surface area (Å²) in [7, 11) is 0. The zero-order valence-corrected chi connectivity index (χ0v) is 16.7. The van der Waals surface area contributed by atoms with Crippen LogP contribution in [0.2, 0.25) is 0 Å². The van der Waals surface area contributed by atoms with Gasteiger partial charge < -0.3 is 7.59 Å². The van der Waals surface area contributed by atoms with Crippen LogP contribution in [0.25, 0.3) is 0 Å². The van der Waals surface area contributed by atoms with Crippen molar-refractivity contribution in [3.05, 3.63) is 0 Å². The number of alkyl halides is 1. The summed E-state index contributed by atoms with van der Waals surface area (Å²) < 4.78 is 4.83. The van der Waals surface area contributed by atoms with Crippen molar-refractivity contribution in [3.63, 3.8) is 0 Å². The van der Waals surface area contributed by atoms with Gasteiger partial charge in [0, 0.05) is 18.5 Å². The van der Waals surface area contributed by atoms with Crippen LogP contribution in [0.3, 0.4) is 0 Å². The molecule has 19 heavy (non-hydrogen) atoms. The molecular weight excluding hydrogens is 312 g/mol. The van der Waals surface area contributed by atoms with E-state index in [0.717, 1.165) is 13.2 Å². The zero-order chi connectivity index (χ0) is 13.9. The van der Waals surface area contributed by atoms with Crippen molar-refractivity contribution in [3.8, 4) is 0 Å². The molecule has 0 aliphatic carbocycles. The molecule has 0 aliphatic heterocycles. The maximum Gasteiger partial charge on any atom is 2.00 e. The molecule has 0 fully saturated rings. The van der Waals surface area contributed by atoms with Crippen molar-refractivity contribution in [1.29, 1.82) is 0 Å². The molecule has 0 atom stereocenters. The van der Waals surface area contributed by atoms with E-state index in [1.54, 1.807) is 0 Å². The number of ether oxygens (including phenoxy) is 1. The van der Waals surface area contributed by atoms with Gasteiger partial charge in [0.1, 0.15) is 0 Å². The third-order valence-electron chi connectivity index (χ3n) is 2.90. The van der Waals surface area contributed by atoms with Crippen LogP contribution in [-0.4, -0.2) is 41.6 Å². The van der Waals surface area contributed by atoms with Crippen molar-refractivity contribution in [2.24, 2.45) is 0 Å². The van der Waals surface area contributed by atoms with Crippen LogP contribution in [-0.2, 0) is 4.74 Å². The summed E-state index contributed by atoms with van der Waals surface area (Å²) >= 11 is 3.46. The van der Waals surface area contributed by atoms with Gasteiger partial charge in [-0.15, -0.1) is 0 Å². The Morgan fingerprint density at radius 3 is 1.32 bits per heavy atom. The summed E-state index contributed by atoms with van der Waals surface area (Å²) in [5.41, 5.74) is 0. The Bertz CT molecular complexity index is 121. The Labute approximate surface area is 149 Å². The van der Waals surface area contributed by atoms with Crippen molar-refractivity contribution in [1.82, 2.24) is 0 Å². The minimum Gasteiger partial charge on any atom is -1.00 e. The van der Waals surface area contributed by atoms with Crippen molar-refractivity contribution in [2.45, 2.75) is 85.0 Å². The first kappa shape index (κ1) is 25.2. The van der Waals surface area contributed by atoms with E-state index < -0.39 is 0 Å². The summed E-state index contributed by atoms with van der Waals surface area (Å²) in [6.07, 6.45) is 14.3. The van der Waals surface area contributed by atoms with E-state index in [1.807, 2.05) is 13.8 Å². The van der Waals surface area contributed by atoms with Crippen LogP contribution >= 0.6 is 15.9 Å². The van der Waals surface area contributed by atoms with Crippen LogP contribution < -0.4 is 0 Å². The fraction of sp³-hybridized carbons (Fsp3) is 1.00. The zero-order valence-electron chi connectivity index (χ0n) is 15.7. The summed E-state index contributed by atoms with van der Waals surface area (Å²) in [4.78, 5) is 0. The maximum absolute atomic E-state index is 4.83. The van der Waals surface area contributed by atoms with Gasteiger partial charge in [-0.05, 0) is 20.3 Å². The molecule has 0 spiro atoms. The van der Waals surface area contributed by atoms with E-state index in [9.17, 15) is 0 Å². The van der Waals surface area contributed by atoms with E-state index in [0.29, 0.717) is 0 Å². The molecule has 0 saturated carbocycles. The standard InChI is InChI=1S/C12H25Br.C4H10O.Mg.2H/c1-2-3-4-5-6-7-8-9-10-11-12-13;1-3-5-4-2;;;/h2-12H2,1H3;3-4H2,1-2H3;;;/q;;+2;2*-1. The molecule has 116 valence electrons. The molecule has 0 aliphatic rings. The van der Waals surface area contributed by atoms with E-state index in [2.05, 4.69) is 22.9 Å². The van der Waals surface area contributed by atoms with E-state index in [4.69, 9.17) is 4.74 Å². The van der Waals surface area contributed by atoms with E-state index in [1.165, 1.54) is 69.5 Å². The van der Waals surface area contributed by atoms with E-state index >= 15 is 0 Å².